The molecule has 0 aromatic heterocycles. The number of rotatable bonds is 1. The Morgan fingerprint density at radius 2 is 2.08 bits per heavy atom. The third-order valence-corrected chi connectivity index (χ3v) is 4.22. The standard InChI is InChI=1S/C11H20N2/c1-9-10(3-2-6-12-9)13-7-11(8-13)4-5-11/h9-10,12H,2-8H2,1H3. The summed E-state index contributed by atoms with van der Waals surface area (Å²) in [7, 11) is 0. The van der Waals surface area contributed by atoms with Crippen LogP contribution in [0.3, 0.4) is 0 Å². The molecule has 2 atom stereocenters. The molecule has 3 rings (SSSR count). The number of hydrogen-bond donors (Lipinski definition) is 1. The van der Waals surface area contributed by atoms with Crippen molar-refractivity contribution in [1.82, 2.24) is 10.2 Å². The maximum Gasteiger partial charge on any atom is 0.0247 e. The Labute approximate surface area is 80.7 Å². The van der Waals surface area contributed by atoms with Crippen molar-refractivity contribution in [3.05, 3.63) is 0 Å². The van der Waals surface area contributed by atoms with Crippen molar-refractivity contribution in [2.24, 2.45) is 5.41 Å². The highest BCUT2D eigenvalue weighted by atomic mass is 15.3. The van der Waals surface area contributed by atoms with Crippen LogP contribution >= 0.6 is 0 Å². The predicted octanol–water partition coefficient (Wildman–Crippen LogP) is 1.22. The third-order valence-electron chi connectivity index (χ3n) is 4.22. The van der Waals surface area contributed by atoms with Gasteiger partial charge in [-0.15, -0.1) is 0 Å². The van der Waals surface area contributed by atoms with Crippen LogP contribution in [0, 0.1) is 5.41 Å². The molecule has 1 saturated carbocycles. The zero-order chi connectivity index (χ0) is 8.89. The average Bonchev–Trinajstić information content (AvgIpc) is 2.82. The zero-order valence-corrected chi connectivity index (χ0v) is 8.55. The number of hydrogen-bond acceptors (Lipinski definition) is 2. The molecule has 3 aliphatic rings. The van der Waals surface area contributed by atoms with Crippen LogP contribution in [0.25, 0.3) is 0 Å². The van der Waals surface area contributed by atoms with Crippen LogP contribution in [-0.4, -0.2) is 36.6 Å². The molecule has 2 heterocycles. The van der Waals surface area contributed by atoms with Gasteiger partial charge in [-0.25, -0.2) is 0 Å². The normalized spacial score (nSPS) is 43.2. The quantitative estimate of drug-likeness (QED) is 0.653. The first kappa shape index (κ1) is 8.25. The molecule has 1 spiro atoms. The first-order valence-corrected chi connectivity index (χ1v) is 5.77. The van der Waals surface area contributed by atoms with Crippen molar-refractivity contribution in [2.75, 3.05) is 19.6 Å². The summed E-state index contributed by atoms with van der Waals surface area (Å²) >= 11 is 0. The smallest absolute Gasteiger partial charge is 0.0247 e. The Bertz CT molecular complexity index is 202. The lowest BCUT2D eigenvalue weighted by Gasteiger charge is -2.49. The van der Waals surface area contributed by atoms with Crippen LogP contribution in [-0.2, 0) is 0 Å². The van der Waals surface area contributed by atoms with Crippen molar-refractivity contribution < 1.29 is 0 Å². The Morgan fingerprint density at radius 3 is 2.69 bits per heavy atom. The second-order valence-corrected chi connectivity index (χ2v) is 5.36. The number of likely N-dealkylation sites (tertiary alicyclic amines) is 1. The monoisotopic (exact) mass is 180 g/mol. The van der Waals surface area contributed by atoms with Crippen molar-refractivity contribution in [1.29, 1.82) is 0 Å². The molecule has 0 amide bonds. The second kappa shape index (κ2) is 2.71. The Kier molecular flexibility index (Phi) is 1.72. The first-order valence-electron chi connectivity index (χ1n) is 5.77. The minimum absolute atomic E-state index is 0.727. The number of piperidine rings is 1. The van der Waals surface area contributed by atoms with Crippen molar-refractivity contribution in [3.8, 4) is 0 Å². The zero-order valence-electron chi connectivity index (χ0n) is 8.55. The number of nitrogens with zero attached hydrogens (tertiary/aromatic N) is 1. The van der Waals surface area contributed by atoms with E-state index in [1.807, 2.05) is 0 Å². The molecule has 2 heteroatoms. The van der Waals surface area contributed by atoms with Gasteiger partial charge in [0.25, 0.3) is 0 Å². The largest absolute Gasteiger partial charge is 0.313 e. The second-order valence-electron chi connectivity index (χ2n) is 5.36. The summed E-state index contributed by atoms with van der Waals surface area (Å²) in [6.07, 6.45) is 5.82. The minimum Gasteiger partial charge on any atom is -0.313 e. The molecule has 13 heavy (non-hydrogen) atoms. The molecule has 0 aromatic carbocycles. The van der Waals surface area contributed by atoms with E-state index < -0.39 is 0 Å². The van der Waals surface area contributed by atoms with Crippen LogP contribution in [0.1, 0.15) is 32.6 Å². The van der Waals surface area contributed by atoms with Crippen LogP contribution in [0.15, 0.2) is 0 Å². The summed E-state index contributed by atoms with van der Waals surface area (Å²) in [5, 5.41) is 3.59. The van der Waals surface area contributed by atoms with E-state index in [2.05, 4.69) is 17.1 Å². The number of nitrogens with one attached hydrogen (secondary N) is 1. The molecule has 2 saturated heterocycles. The molecule has 3 fully saturated rings. The van der Waals surface area contributed by atoms with Crippen molar-refractivity contribution in [2.45, 2.75) is 44.7 Å². The van der Waals surface area contributed by atoms with E-state index in [0.717, 1.165) is 17.5 Å². The van der Waals surface area contributed by atoms with Gasteiger partial charge >= 0.3 is 0 Å². The first-order chi connectivity index (χ1) is 6.29. The third kappa shape index (κ3) is 1.31. The van der Waals surface area contributed by atoms with Crippen LogP contribution in [0.4, 0.5) is 0 Å². The van der Waals surface area contributed by atoms with Gasteiger partial charge in [-0.2, -0.15) is 0 Å². The summed E-state index contributed by atoms with van der Waals surface area (Å²) in [5.41, 5.74) is 0.831. The summed E-state index contributed by atoms with van der Waals surface area (Å²) < 4.78 is 0. The van der Waals surface area contributed by atoms with Crippen molar-refractivity contribution >= 4 is 0 Å². The van der Waals surface area contributed by atoms with E-state index >= 15 is 0 Å². The molecule has 2 unspecified atom stereocenters. The van der Waals surface area contributed by atoms with E-state index in [4.69, 9.17) is 0 Å². The topological polar surface area (TPSA) is 15.3 Å². The van der Waals surface area contributed by atoms with Gasteiger partial charge in [0.05, 0.1) is 0 Å². The fourth-order valence-electron chi connectivity index (χ4n) is 3.07. The van der Waals surface area contributed by atoms with E-state index in [9.17, 15) is 0 Å². The van der Waals surface area contributed by atoms with E-state index in [0.29, 0.717) is 0 Å². The molecule has 0 radical (unpaired) electrons. The van der Waals surface area contributed by atoms with Crippen LogP contribution in [0.2, 0.25) is 0 Å². The molecule has 2 aliphatic heterocycles. The van der Waals surface area contributed by atoms with Gasteiger partial charge < -0.3 is 5.32 Å². The van der Waals surface area contributed by atoms with Crippen LogP contribution in [0.5, 0.6) is 0 Å². The van der Waals surface area contributed by atoms with Gasteiger partial charge in [-0.1, -0.05) is 0 Å². The molecule has 1 aliphatic carbocycles. The molecule has 2 nitrogen and oxygen atoms in total. The van der Waals surface area contributed by atoms with Gasteiger partial charge in [-0.05, 0) is 44.6 Å². The highest BCUT2D eigenvalue weighted by molar-refractivity contribution is 5.08. The molecular formula is C11H20N2. The Hall–Kier alpha value is -0.0800. The summed E-state index contributed by atoms with van der Waals surface area (Å²) in [4.78, 5) is 2.71. The van der Waals surface area contributed by atoms with E-state index in [-0.39, 0.29) is 0 Å². The van der Waals surface area contributed by atoms with Gasteiger partial charge in [0.15, 0.2) is 0 Å². The van der Waals surface area contributed by atoms with Gasteiger partial charge in [-0.3, -0.25) is 4.90 Å². The maximum absolute atomic E-state index is 3.59. The lowest BCUT2D eigenvalue weighted by atomic mass is 9.89. The Morgan fingerprint density at radius 1 is 1.31 bits per heavy atom. The highest BCUT2D eigenvalue weighted by Gasteiger charge is 2.54. The fourth-order valence-corrected chi connectivity index (χ4v) is 3.07. The van der Waals surface area contributed by atoms with E-state index in [1.165, 1.54) is 45.3 Å². The molecular weight excluding hydrogens is 160 g/mol. The predicted molar refractivity (Wildman–Crippen MR) is 53.7 cm³/mol. The average molecular weight is 180 g/mol. The fraction of sp³-hybridized carbons (Fsp3) is 1.00. The van der Waals surface area contributed by atoms with Gasteiger partial charge in [0.1, 0.15) is 0 Å². The van der Waals surface area contributed by atoms with E-state index in [1.54, 1.807) is 0 Å². The highest BCUT2D eigenvalue weighted by Crippen LogP contribution is 2.53. The lowest BCUT2D eigenvalue weighted by Crippen LogP contribution is -2.60. The summed E-state index contributed by atoms with van der Waals surface area (Å²) in [5.74, 6) is 0. The summed E-state index contributed by atoms with van der Waals surface area (Å²) in [6.45, 7) is 6.39. The van der Waals surface area contributed by atoms with Crippen molar-refractivity contribution in [3.63, 3.8) is 0 Å². The summed E-state index contributed by atoms with van der Waals surface area (Å²) in [6, 6.07) is 1.57. The molecule has 0 bridgehead atoms. The molecule has 74 valence electrons. The maximum atomic E-state index is 3.59. The van der Waals surface area contributed by atoms with Gasteiger partial charge in [0.2, 0.25) is 0 Å². The molecule has 1 N–H and O–H groups in total. The SMILES string of the molecule is CC1NCCCC1N1CC2(CC2)C1. The van der Waals surface area contributed by atoms with Gasteiger partial charge in [0, 0.05) is 25.2 Å². The Balaban J connectivity index is 1.58. The van der Waals surface area contributed by atoms with Crippen LogP contribution < -0.4 is 5.32 Å². The minimum atomic E-state index is 0.727. The molecule has 0 aromatic rings. The lowest BCUT2D eigenvalue weighted by molar-refractivity contribution is 0.0103.